The fraction of sp³-hybridized carbons (Fsp3) is 0.600. The van der Waals surface area contributed by atoms with Gasteiger partial charge in [0.2, 0.25) is 0 Å². The topological polar surface area (TPSA) is 39.2 Å². The molecule has 154 valence electrons. The van der Waals surface area contributed by atoms with Crippen LogP contribution < -0.4 is 0 Å². The van der Waals surface area contributed by atoms with Crippen molar-refractivity contribution < 1.29 is 9.53 Å². The normalized spacial score (nSPS) is 29.9. The molecule has 1 aromatic heterocycles. The molecule has 6 rings (SSSR count). The third-order valence-corrected chi connectivity index (χ3v) is 8.74. The van der Waals surface area contributed by atoms with E-state index in [1.54, 1.807) is 11.3 Å². The molecule has 0 amide bonds. The van der Waals surface area contributed by atoms with E-state index in [0.29, 0.717) is 17.7 Å². The first kappa shape index (κ1) is 19.3. The molecular weight excluding hydrogens is 378 g/mol. The Bertz CT molecular complexity index is 880. The van der Waals surface area contributed by atoms with Crippen LogP contribution in [0.15, 0.2) is 24.3 Å². The average Bonchev–Trinajstić information content (AvgIpc) is 3.10. The Morgan fingerprint density at radius 3 is 2.41 bits per heavy atom. The van der Waals surface area contributed by atoms with Crippen LogP contribution in [0.25, 0.3) is 10.6 Å². The summed E-state index contributed by atoms with van der Waals surface area (Å²) in [6, 6.07) is 8.30. The third kappa shape index (κ3) is 3.65. The quantitative estimate of drug-likeness (QED) is 0.515. The molecule has 0 saturated heterocycles. The van der Waals surface area contributed by atoms with Crippen LogP contribution in [-0.4, -0.2) is 17.6 Å². The van der Waals surface area contributed by atoms with Gasteiger partial charge in [-0.1, -0.05) is 24.3 Å². The van der Waals surface area contributed by atoms with Gasteiger partial charge in [0, 0.05) is 10.4 Å². The molecule has 1 heterocycles. The van der Waals surface area contributed by atoms with Gasteiger partial charge in [-0.15, -0.1) is 11.3 Å². The van der Waals surface area contributed by atoms with E-state index in [9.17, 15) is 4.79 Å². The van der Waals surface area contributed by atoms with E-state index in [2.05, 4.69) is 19.1 Å². The molecule has 0 unspecified atom stereocenters. The molecule has 4 bridgehead atoms. The Kier molecular flexibility index (Phi) is 5.01. The van der Waals surface area contributed by atoms with Gasteiger partial charge in [0.1, 0.15) is 5.01 Å². The number of carbonyl (C=O) groups excluding carboxylic acids is 1. The molecular formula is C25H31NO2S. The second-order valence-corrected chi connectivity index (χ2v) is 10.8. The van der Waals surface area contributed by atoms with Crippen molar-refractivity contribution in [2.75, 3.05) is 6.61 Å². The lowest BCUT2D eigenvalue weighted by molar-refractivity contribution is -0.0569. The van der Waals surface area contributed by atoms with Crippen molar-refractivity contribution >= 4 is 17.3 Å². The van der Waals surface area contributed by atoms with E-state index in [0.717, 1.165) is 39.6 Å². The van der Waals surface area contributed by atoms with Crippen molar-refractivity contribution in [2.24, 2.45) is 23.2 Å². The van der Waals surface area contributed by atoms with Gasteiger partial charge < -0.3 is 4.74 Å². The van der Waals surface area contributed by atoms with Crippen LogP contribution in [0.2, 0.25) is 0 Å². The molecule has 1 aromatic carbocycles. The summed E-state index contributed by atoms with van der Waals surface area (Å²) in [5.41, 5.74) is 3.40. The monoisotopic (exact) mass is 409 g/mol. The number of esters is 1. The zero-order chi connectivity index (χ0) is 20.0. The molecule has 4 aliphatic carbocycles. The van der Waals surface area contributed by atoms with E-state index in [1.807, 2.05) is 19.1 Å². The van der Waals surface area contributed by atoms with Crippen LogP contribution in [0.4, 0.5) is 0 Å². The fourth-order valence-corrected chi connectivity index (χ4v) is 7.92. The van der Waals surface area contributed by atoms with Gasteiger partial charge in [-0.05, 0) is 93.9 Å². The zero-order valence-electron chi connectivity index (χ0n) is 17.6. The van der Waals surface area contributed by atoms with Crippen molar-refractivity contribution in [3.05, 3.63) is 40.4 Å². The van der Waals surface area contributed by atoms with E-state index in [4.69, 9.17) is 9.72 Å². The highest BCUT2D eigenvalue weighted by molar-refractivity contribution is 7.15. The maximum absolute atomic E-state index is 12.6. The molecule has 2 aromatic rings. The summed E-state index contributed by atoms with van der Waals surface area (Å²) in [6.45, 7) is 4.36. The number of aryl methyl sites for hydroxylation is 2. The number of hydrogen-bond donors (Lipinski definition) is 0. The minimum atomic E-state index is -0.260. The van der Waals surface area contributed by atoms with Crippen LogP contribution in [-0.2, 0) is 11.2 Å². The zero-order valence-corrected chi connectivity index (χ0v) is 18.4. The molecule has 29 heavy (non-hydrogen) atoms. The highest BCUT2D eigenvalue weighted by atomic mass is 32.1. The number of benzene rings is 1. The summed E-state index contributed by atoms with van der Waals surface area (Å²) < 4.78 is 5.35. The van der Waals surface area contributed by atoms with Crippen LogP contribution >= 0.6 is 11.3 Å². The predicted octanol–water partition coefficient (Wildman–Crippen LogP) is 6.44. The summed E-state index contributed by atoms with van der Waals surface area (Å²) >= 11 is 1.70. The SMILES string of the molecule is CCOC(=O)c1nc(-c2ccccc2C)sc1CCC12CC3CC(CC(C3)C1)C2. The van der Waals surface area contributed by atoms with Gasteiger partial charge >= 0.3 is 5.97 Å². The number of ether oxygens (including phenoxy) is 1. The standard InChI is InChI=1S/C25H31NO2S/c1-3-28-24(27)22-21(29-23(26-22)20-7-5-4-6-16(20)2)8-9-25-13-17-10-18(14-25)12-19(11-17)15-25/h4-7,17-19H,3,8-15H2,1-2H3. The minimum Gasteiger partial charge on any atom is -0.461 e. The van der Waals surface area contributed by atoms with Gasteiger partial charge in [-0.3, -0.25) is 0 Å². The van der Waals surface area contributed by atoms with Gasteiger partial charge in [-0.25, -0.2) is 9.78 Å². The van der Waals surface area contributed by atoms with Gasteiger partial charge in [-0.2, -0.15) is 0 Å². The summed E-state index contributed by atoms with van der Waals surface area (Å²) in [5.74, 6) is 2.64. The van der Waals surface area contributed by atoms with Crippen molar-refractivity contribution in [1.29, 1.82) is 0 Å². The summed E-state index contributed by atoms with van der Waals surface area (Å²) in [7, 11) is 0. The van der Waals surface area contributed by atoms with Crippen LogP contribution in [0.1, 0.15) is 72.8 Å². The number of carbonyl (C=O) groups is 1. The highest BCUT2D eigenvalue weighted by Crippen LogP contribution is 2.61. The number of hydrogen-bond acceptors (Lipinski definition) is 4. The third-order valence-electron chi connectivity index (χ3n) is 7.59. The molecule has 0 spiro atoms. The van der Waals surface area contributed by atoms with E-state index < -0.39 is 0 Å². The first-order valence-electron chi connectivity index (χ1n) is 11.3. The Balaban J connectivity index is 1.41. The molecule has 0 radical (unpaired) electrons. The lowest BCUT2D eigenvalue weighted by Gasteiger charge is -2.57. The van der Waals surface area contributed by atoms with Crippen molar-refractivity contribution in [1.82, 2.24) is 4.98 Å². The maximum atomic E-state index is 12.6. The molecule has 0 aliphatic heterocycles. The van der Waals surface area contributed by atoms with E-state index in [1.165, 1.54) is 50.5 Å². The fourth-order valence-electron chi connectivity index (χ4n) is 6.78. The van der Waals surface area contributed by atoms with Crippen molar-refractivity contribution in [2.45, 2.75) is 65.2 Å². The molecule has 4 heteroatoms. The Morgan fingerprint density at radius 2 is 1.79 bits per heavy atom. The first-order valence-corrected chi connectivity index (χ1v) is 12.1. The van der Waals surface area contributed by atoms with E-state index >= 15 is 0 Å². The molecule has 3 nitrogen and oxygen atoms in total. The lowest BCUT2D eigenvalue weighted by Crippen LogP contribution is -2.46. The van der Waals surface area contributed by atoms with Crippen LogP contribution in [0, 0.1) is 30.1 Å². The maximum Gasteiger partial charge on any atom is 0.358 e. The second kappa shape index (κ2) is 7.54. The smallest absolute Gasteiger partial charge is 0.358 e. The largest absolute Gasteiger partial charge is 0.461 e. The minimum absolute atomic E-state index is 0.260. The first-order chi connectivity index (χ1) is 14.0. The summed E-state index contributed by atoms with van der Waals surface area (Å²) in [6.07, 6.45) is 10.8. The Hall–Kier alpha value is -1.68. The average molecular weight is 410 g/mol. The van der Waals surface area contributed by atoms with E-state index in [-0.39, 0.29) is 5.97 Å². The van der Waals surface area contributed by atoms with Crippen molar-refractivity contribution in [3.8, 4) is 10.6 Å². The molecule has 4 fully saturated rings. The number of aromatic nitrogens is 1. The summed E-state index contributed by atoms with van der Waals surface area (Å²) in [5, 5.41) is 0.951. The predicted molar refractivity (Wildman–Crippen MR) is 117 cm³/mol. The summed E-state index contributed by atoms with van der Waals surface area (Å²) in [4.78, 5) is 18.5. The number of nitrogens with zero attached hydrogens (tertiary/aromatic N) is 1. The van der Waals surface area contributed by atoms with Crippen LogP contribution in [0.5, 0.6) is 0 Å². The number of thiazole rings is 1. The molecule has 4 saturated carbocycles. The lowest BCUT2D eigenvalue weighted by atomic mass is 9.48. The van der Waals surface area contributed by atoms with Crippen LogP contribution in [0.3, 0.4) is 0 Å². The molecule has 0 atom stereocenters. The van der Waals surface area contributed by atoms with Gasteiger partial charge in [0.05, 0.1) is 6.61 Å². The second-order valence-electron chi connectivity index (χ2n) is 9.74. The van der Waals surface area contributed by atoms with Gasteiger partial charge in [0.15, 0.2) is 5.69 Å². The van der Waals surface area contributed by atoms with Crippen molar-refractivity contribution in [3.63, 3.8) is 0 Å². The van der Waals surface area contributed by atoms with Gasteiger partial charge in [0.25, 0.3) is 0 Å². The molecule has 4 aliphatic rings. The molecule has 0 N–H and O–H groups in total. The highest BCUT2D eigenvalue weighted by Gasteiger charge is 2.50. The Labute approximate surface area is 177 Å². The number of rotatable bonds is 6. The Morgan fingerprint density at radius 1 is 1.14 bits per heavy atom.